The van der Waals surface area contributed by atoms with Crippen LogP contribution in [0, 0.1) is 5.82 Å². The zero-order valence-corrected chi connectivity index (χ0v) is 12.6. The third kappa shape index (κ3) is 3.79. The van der Waals surface area contributed by atoms with Gasteiger partial charge in [0.25, 0.3) is 10.0 Å². The summed E-state index contributed by atoms with van der Waals surface area (Å²) in [6.07, 6.45) is 1.59. The van der Waals surface area contributed by atoms with Gasteiger partial charge in [-0.25, -0.2) is 12.8 Å². The number of rotatable bonds is 6. The molecule has 1 aromatic carbocycles. The fourth-order valence-electron chi connectivity index (χ4n) is 1.80. The van der Waals surface area contributed by atoms with Crippen LogP contribution < -0.4 is 10.0 Å². The molecule has 2 aromatic rings. The quantitative estimate of drug-likeness (QED) is 0.847. The molecular formula is C13H17FN4O2S. The first kappa shape index (κ1) is 15.5. The Balaban J connectivity index is 2.30. The maximum Gasteiger partial charge on any atom is 0.266 e. The molecule has 2 rings (SSSR count). The van der Waals surface area contributed by atoms with Crippen LogP contribution >= 0.6 is 0 Å². The molecule has 0 spiro atoms. The average molecular weight is 312 g/mol. The van der Waals surface area contributed by atoms with Gasteiger partial charge in [0, 0.05) is 25.9 Å². The lowest BCUT2D eigenvalue weighted by atomic mass is 10.2. The van der Waals surface area contributed by atoms with Crippen molar-refractivity contribution in [1.82, 2.24) is 15.1 Å². The van der Waals surface area contributed by atoms with Crippen LogP contribution in [0.1, 0.15) is 12.5 Å². The van der Waals surface area contributed by atoms with Crippen LogP contribution in [0.3, 0.4) is 0 Å². The van der Waals surface area contributed by atoms with E-state index in [1.807, 2.05) is 6.92 Å². The number of aryl methyl sites for hydroxylation is 1. The van der Waals surface area contributed by atoms with Crippen molar-refractivity contribution in [1.29, 1.82) is 0 Å². The van der Waals surface area contributed by atoms with Crippen molar-refractivity contribution in [2.75, 3.05) is 11.3 Å². The zero-order valence-electron chi connectivity index (χ0n) is 11.8. The topological polar surface area (TPSA) is 76.0 Å². The summed E-state index contributed by atoms with van der Waals surface area (Å²) in [5.41, 5.74) is 0.694. The van der Waals surface area contributed by atoms with E-state index in [1.54, 1.807) is 19.3 Å². The molecule has 114 valence electrons. The second-order valence-electron chi connectivity index (χ2n) is 4.53. The molecule has 0 aliphatic rings. The van der Waals surface area contributed by atoms with Crippen LogP contribution in [0.25, 0.3) is 0 Å². The summed E-state index contributed by atoms with van der Waals surface area (Å²) in [6, 6.07) is 5.53. The van der Waals surface area contributed by atoms with Crippen molar-refractivity contribution in [2.24, 2.45) is 7.05 Å². The van der Waals surface area contributed by atoms with E-state index in [2.05, 4.69) is 15.1 Å². The van der Waals surface area contributed by atoms with E-state index in [9.17, 15) is 12.8 Å². The van der Waals surface area contributed by atoms with Gasteiger partial charge in [0.05, 0.1) is 0 Å². The van der Waals surface area contributed by atoms with Gasteiger partial charge in [-0.3, -0.25) is 9.40 Å². The van der Waals surface area contributed by atoms with Gasteiger partial charge in [0.2, 0.25) is 0 Å². The molecule has 0 aliphatic carbocycles. The summed E-state index contributed by atoms with van der Waals surface area (Å²) in [7, 11) is -2.34. The molecule has 2 N–H and O–H groups in total. The lowest BCUT2D eigenvalue weighted by Gasteiger charge is -2.09. The van der Waals surface area contributed by atoms with E-state index in [0.29, 0.717) is 12.1 Å². The normalized spacial score (nSPS) is 11.6. The molecule has 8 heteroatoms. The van der Waals surface area contributed by atoms with E-state index in [1.165, 1.54) is 16.8 Å². The van der Waals surface area contributed by atoms with Gasteiger partial charge >= 0.3 is 0 Å². The Labute approximate surface area is 123 Å². The second kappa shape index (κ2) is 6.23. The largest absolute Gasteiger partial charge is 0.313 e. The Morgan fingerprint density at radius 1 is 1.33 bits per heavy atom. The van der Waals surface area contributed by atoms with Gasteiger partial charge in [0.1, 0.15) is 10.7 Å². The van der Waals surface area contributed by atoms with Crippen molar-refractivity contribution < 1.29 is 12.8 Å². The smallest absolute Gasteiger partial charge is 0.266 e. The standard InChI is InChI=1S/C13H17FN4O2S/c1-3-15-9-10-4-5-11(14)12(8-10)21(19,20)17-13-6-7-18(2)16-13/h4-8,15H,3,9H2,1-2H3,(H,16,17). The van der Waals surface area contributed by atoms with E-state index < -0.39 is 15.8 Å². The van der Waals surface area contributed by atoms with Gasteiger partial charge in [-0.1, -0.05) is 13.0 Å². The van der Waals surface area contributed by atoms with Crippen molar-refractivity contribution in [3.05, 3.63) is 41.8 Å². The summed E-state index contributed by atoms with van der Waals surface area (Å²) in [4.78, 5) is -0.386. The van der Waals surface area contributed by atoms with Crippen LogP contribution in [0.5, 0.6) is 0 Å². The number of benzene rings is 1. The lowest BCUT2D eigenvalue weighted by molar-refractivity contribution is 0.568. The predicted molar refractivity (Wildman–Crippen MR) is 77.8 cm³/mol. The van der Waals surface area contributed by atoms with Gasteiger partial charge in [-0.15, -0.1) is 0 Å². The summed E-state index contributed by atoms with van der Waals surface area (Å²) in [5.74, 6) is -0.646. The molecule has 0 saturated heterocycles. The molecule has 0 radical (unpaired) electrons. The Bertz CT molecular complexity index is 728. The lowest BCUT2D eigenvalue weighted by Crippen LogP contribution is -2.17. The highest BCUT2D eigenvalue weighted by atomic mass is 32.2. The van der Waals surface area contributed by atoms with Gasteiger partial charge in [0.15, 0.2) is 5.82 Å². The first-order chi connectivity index (χ1) is 9.92. The van der Waals surface area contributed by atoms with Crippen molar-refractivity contribution in [2.45, 2.75) is 18.4 Å². The monoisotopic (exact) mass is 312 g/mol. The van der Waals surface area contributed by atoms with E-state index in [4.69, 9.17) is 0 Å². The third-order valence-electron chi connectivity index (χ3n) is 2.82. The number of halogens is 1. The second-order valence-corrected chi connectivity index (χ2v) is 6.18. The fraction of sp³-hybridized carbons (Fsp3) is 0.308. The van der Waals surface area contributed by atoms with Crippen molar-refractivity contribution in [3.63, 3.8) is 0 Å². The maximum atomic E-state index is 13.8. The molecule has 0 amide bonds. The zero-order chi connectivity index (χ0) is 15.5. The summed E-state index contributed by atoms with van der Waals surface area (Å²) in [5, 5.41) is 6.98. The molecule has 0 bridgehead atoms. The van der Waals surface area contributed by atoms with E-state index in [-0.39, 0.29) is 10.7 Å². The Kier molecular flexibility index (Phi) is 4.59. The predicted octanol–water partition coefficient (Wildman–Crippen LogP) is 1.47. The number of anilines is 1. The number of sulfonamides is 1. The number of hydrogen-bond donors (Lipinski definition) is 2. The van der Waals surface area contributed by atoms with Gasteiger partial charge in [-0.2, -0.15) is 5.10 Å². The minimum atomic E-state index is -4.01. The van der Waals surface area contributed by atoms with Gasteiger partial charge in [-0.05, 0) is 24.2 Å². The Hall–Kier alpha value is -1.93. The molecule has 6 nitrogen and oxygen atoms in total. The number of nitrogens with zero attached hydrogens (tertiary/aromatic N) is 2. The molecule has 21 heavy (non-hydrogen) atoms. The molecule has 0 atom stereocenters. The minimum Gasteiger partial charge on any atom is -0.313 e. The number of aromatic nitrogens is 2. The molecule has 0 aliphatic heterocycles. The highest BCUT2D eigenvalue weighted by Gasteiger charge is 2.20. The average Bonchev–Trinajstić information content (AvgIpc) is 2.82. The SMILES string of the molecule is CCNCc1ccc(F)c(S(=O)(=O)Nc2ccn(C)n2)c1. The summed E-state index contributed by atoms with van der Waals surface area (Å²) < 4.78 is 42.0. The van der Waals surface area contributed by atoms with E-state index >= 15 is 0 Å². The number of hydrogen-bond acceptors (Lipinski definition) is 4. The van der Waals surface area contributed by atoms with Crippen LogP contribution in [0.15, 0.2) is 35.4 Å². The highest BCUT2D eigenvalue weighted by molar-refractivity contribution is 7.92. The minimum absolute atomic E-state index is 0.147. The molecule has 0 fully saturated rings. The third-order valence-corrected chi connectivity index (χ3v) is 4.19. The van der Waals surface area contributed by atoms with Gasteiger partial charge < -0.3 is 5.32 Å². The van der Waals surface area contributed by atoms with Crippen LogP contribution in [-0.4, -0.2) is 24.7 Å². The molecule has 1 aromatic heterocycles. The van der Waals surface area contributed by atoms with Crippen molar-refractivity contribution >= 4 is 15.8 Å². The Morgan fingerprint density at radius 3 is 2.71 bits per heavy atom. The van der Waals surface area contributed by atoms with E-state index in [0.717, 1.165) is 12.6 Å². The number of nitrogens with one attached hydrogen (secondary N) is 2. The van der Waals surface area contributed by atoms with Crippen molar-refractivity contribution in [3.8, 4) is 0 Å². The maximum absolute atomic E-state index is 13.8. The van der Waals surface area contributed by atoms with Crippen LogP contribution in [-0.2, 0) is 23.6 Å². The first-order valence-electron chi connectivity index (χ1n) is 6.44. The molecule has 0 saturated carbocycles. The fourth-order valence-corrected chi connectivity index (χ4v) is 2.92. The molecule has 0 unspecified atom stereocenters. The Morgan fingerprint density at radius 2 is 2.10 bits per heavy atom. The molecular weight excluding hydrogens is 295 g/mol. The molecule has 1 heterocycles. The first-order valence-corrected chi connectivity index (χ1v) is 7.92. The van der Waals surface area contributed by atoms with Crippen LogP contribution in [0.4, 0.5) is 10.2 Å². The summed E-state index contributed by atoms with van der Waals surface area (Å²) >= 11 is 0. The highest BCUT2D eigenvalue weighted by Crippen LogP contribution is 2.19. The summed E-state index contributed by atoms with van der Waals surface area (Å²) in [6.45, 7) is 3.15. The van der Waals surface area contributed by atoms with Crippen LogP contribution in [0.2, 0.25) is 0 Å².